The predicted molar refractivity (Wildman–Crippen MR) is 190 cm³/mol. The Hall–Kier alpha value is -3.94. The third-order valence-corrected chi connectivity index (χ3v) is 11.9. The van der Waals surface area contributed by atoms with E-state index in [0.29, 0.717) is 17.8 Å². The highest BCUT2D eigenvalue weighted by molar-refractivity contribution is 5.89. The number of nitrogens with one attached hydrogen (secondary N) is 2. The van der Waals surface area contributed by atoms with Crippen molar-refractivity contribution in [3.05, 3.63) is 83.7 Å². The molecule has 0 aliphatic heterocycles. The van der Waals surface area contributed by atoms with Crippen LogP contribution < -0.4 is 10.6 Å². The first-order chi connectivity index (χ1) is 23.3. The smallest absolute Gasteiger partial charge is 0.408 e. The van der Waals surface area contributed by atoms with Gasteiger partial charge in [0.05, 0.1) is 0 Å². The molecule has 2 saturated carbocycles. The van der Waals surface area contributed by atoms with Gasteiger partial charge in [0.15, 0.2) is 0 Å². The maximum Gasteiger partial charge on any atom is 0.408 e. The number of benzene rings is 1. The van der Waals surface area contributed by atoms with Gasteiger partial charge in [0.25, 0.3) is 0 Å². The molecular formula is C41H53N3O5. The third kappa shape index (κ3) is 7.34. The molecule has 0 saturated heterocycles. The number of alkyl carbamates (subject to hydrolysis) is 1. The van der Waals surface area contributed by atoms with Crippen LogP contribution in [0.1, 0.15) is 97.6 Å². The fourth-order valence-electron chi connectivity index (χ4n) is 9.41. The summed E-state index contributed by atoms with van der Waals surface area (Å²) in [6.07, 6.45) is 15.3. The number of aromatic nitrogens is 1. The van der Waals surface area contributed by atoms with Crippen molar-refractivity contribution in [2.45, 2.75) is 117 Å². The van der Waals surface area contributed by atoms with Crippen LogP contribution in [0.3, 0.4) is 0 Å². The fraction of sp³-hybridized carbons (Fsp3) is 0.561. The monoisotopic (exact) mass is 667 g/mol. The largest absolute Gasteiger partial charge is 0.461 e. The van der Waals surface area contributed by atoms with Gasteiger partial charge in [0.1, 0.15) is 23.8 Å². The van der Waals surface area contributed by atoms with E-state index in [9.17, 15) is 14.4 Å². The maximum atomic E-state index is 13.4. The van der Waals surface area contributed by atoms with E-state index in [0.717, 1.165) is 37.7 Å². The number of hydrogen-bond donors (Lipinski definition) is 2. The first-order valence-electron chi connectivity index (χ1n) is 18.1. The van der Waals surface area contributed by atoms with Gasteiger partial charge < -0.3 is 20.1 Å². The quantitative estimate of drug-likeness (QED) is 0.222. The second kappa shape index (κ2) is 13.8. The number of amides is 2. The van der Waals surface area contributed by atoms with Gasteiger partial charge in [-0.3, -0.25) is 9.78 Å². The average molecular weight is 668 g/mol. The second-order valence-electron chi connectivity index (χ2n) is 16.2. The summed E-state index contributed by atoms with van der Waals surface area (Å²) in [6, 6.07) is 11.9. The summed E-state index contributed by atoms with van der Waals surface area (Å²) in [5.74, 6) is 0.979. The van der Waals surface area contributed by atoms with Gasteiger partial charge >= 0.3 is 12.1 Å². The highest BCUT2D eigenvalue weighted by Gasteiger charge is 2.57. The van der Waals surface area contributed by atoms with Crippen molar-refractivity contribution in [1.29, 1.82) is 0 Å². The molecule has 2 fully saturated rings. The Bertz CT molecular complexity index is 1600. The van der Waals surface area contributed by atoms with Crippen molar-refractivity contribution in [3.63, 3.8) is 0 Å². The van der Waals surface area contributed by atoms with Crippen LogP contribution in [0.25, 0.3) is 5.57 Å². The molecule has 262 valence electrons. The maximum absolute atomic E-state index is 13.4. The molecule has 8 heteroatoms. The molecular weight excluding hydrogens is 614 g/mol. The van der Waals surface area contributed by atoms with E-state index in [1.165, 1.54) is 29.6 Å². The van der Waals surface area contributed by atoms with Crippen LogP contribution in [0.5, 0.6) is 0 Å². The highest BCUT2D eigenvalue weighted by atomic mass is 16.6. The highest BCUT2D eigenvalue weighted by Crippen LogP contribution is 2.66. The van der Waals surface area contributed by atoms with Crippen LogP contribution in [0.4, 0.5) is 4.79 Å². The number of allylic oxidation sites excluding steroid dienone is 3. The molecule has 0 bridgehead atoms. The number of carbonyl (C=O) groups is 3. The summed E-state index contributed by atoms with van der Waals surface area (Å²) >= 11 is 0. The number of esters is 1. The Balaban J connectivity index is 1.07. The summed E-state index contributed by atoms with van der Waals surface area (Å²) in [7, 11) is 0. The number of nitrogens with zero attached hydrogens (tertiary/aromatic N) is 1. The number of fused-ring (bicyclic) bond motifs is 5. The molecule has 4 aliphatic carbocycles. The molecule has 4 aliphatic rings. The van der Waals surface area contributed by atoms with Crippen molar-refractivity contribution in [2.24, 2.45) is 28.6 Å². The van der Waals surface area contributed by atoms with Crippen LogP contribution in [0, 0.1) is 28.6 Å². The van der Waals surface area contributed by atoms with Crippen LogP contribution in [-0.4, -0.2) is 46.7 Å². The van der Waals surface area contributed by atoms with Crippen LogP contribution in [0.15, 0.2) is 72.6 Å². The lowest BCUT2D eigenvalue weighted by Crippen LogP contribution is -2.53. The molecule has 49 heavy (non-hydrogen) atoms. The lowest BCUT2D eigenvalue weighted by Gasteiger charge is -2.57. The molecule has 6 rings (SSSR count). The fourth-order valence-corrected chi connectivity index (χ4v) is 9.41. The zero-order chi connectivity index (χ0) is 35.0. The van der Waals surface area contributed by atoms with Crippen molar-refractivity contribution < 1.29 is 23.9 Å². The summed E-state index contributed by atoms with van der Waals surface area (Å²) < 4.78 is 11.5. The Kier molecular flexibility index (Phi) is 9.80. The van der Waals surface area contributed by atoms with E-state index < -0.39 is 35.7 Å². The first kappa shape index (κ1) is 34.9. The minimum absolute atomic E-state index is 0.113. The average Bonchev–Trinajstić information content (AvgIpc) is 3.42. The van der Waals surface area contributed by atoms with Crippen molar-refractivity contribution >= 4 is 23.5 Å². The molecule has 0 radical (unpaired) electrons. The van der Waals surface area contributed by atoms with Crippen LogP contribution >= 0.6 is 0 Å². The summed E-state index contributed by atoms with van der Waals surface area (Å²) in [6.45, 7) is 11.9. The van der Waals surface area contributed by atoms with Gasteiger partial charge in [-0.15, -0.1) is 0 Å². The molecule has 2 N–H and O–H groups in total. The molecule has 8 nitrogen and oxygen atoms in total. The van der Waals surface area contributed by atoms with Gasteiger partial charge in [0, 0.05) is 25.2 Å². The second-order valence-corrected chi connectivity index (χ2v) is 16.2. The third-order valence-electron chi connectivity index (χ3n) is 11.9. The van der Waals surface area contributed by atoms with Gasteiger partial charge in [-0.2, -0.15) is 0 Å². The molecule has 1 aromatic heterocycles. The Morgan fingerprint density at radius 3 is 2.41 bits per heavy atom. The Labute approximate surface area is 291 Å². The summed E-state index contributed by atoms with van der Waals surface area (Å²) in [4.78, 5) is 43.8. The molecule has 0 unspecified atom stereocenters. The Morgan fingerprint density at radius 1 is 0.939 bits per heavy atom. The van der Waals surface area contributed by atoms with Crippen molar-refractivity contribution in [2.75, 3.05) is 0 Å². The predicted octanol–water partition coefficient (Wildman–Crippen LogP) is 7.59. The van der Waals surface area contributed by atoms with Gasteiger partial charge in [-0.25, -0.2) is 9.59 Å². The van der Waals surface area contributed by atoms with E-state index in [4.69, 9.17) is 9.47 Å². The number of ether oxygens (including phenoxy) is 2. The lowest BCUT2D eigenvalue weighted by atomic mass is 9.47. The zero-order valence-corrected chi connectivity index (χ0v) is 30.0. The SMILES string of the molecule is C[C@H](NC(=O)[C@H](Cc1ccccc1)NC(=O)OC(C)(C)C)C(=O)O[C@H]1CC[C@@]2(C)C(=CC[C@@H]3[C@@H]2CC[C@]2(C)C(c4cccnc4)=CC[C@@H]32)C1. The standard InChI is InChI=1S/C41H53N3O5/c1-26(43-36(45)35(23-27-11-8-7-9-12-27)44-38(47)49-39(2,3)4)37(46)48-30-18-20-40(5)29(24-30)14-15-31-33-17-16-32(28-13-10-22-42-25-28)41(33,6)21-19-34(31)40/h7-14,16,22,25-26,30-31,33-35H,15,17-21,23-24H2,1-6H3,(H,43,45)(H,44,47)/t26-,30-,31-,33-,34-,35-,40-,41+/m0/s1. The van der Waals surface area contributed by atoms with Gasteiger partial charge in [0.2, 0.25) is 5.91 Å². The van der Waals surface area contributed by atoms with E-state index >= 15 is 0 Å². The molecule has 1 heterocycles. The topological polar surface area (TPSA) is 107 Å². The van der Waals surface area contributed by atoms with E-state index in [1.807, 2.05) is 48.8 Å². The number of pyridine rings is 1. The van der Waals surface area contributed by atoms with E-state index in [1.54, 1.807) is 27.7 Å². The van der Waals surface area contributed by atoms with Crippen molar-refractivity contribution in [1.82, 2.24) is 15.6 Å². The van der Waals surface area contributed by atoms with Crippen LogP contribution in [-0.2, 0) is 25.5 Å². The minimum Gasteiger partial charge on any atom is -0.461 e. The Morgan fingerprint density at radius 2 is 1.69 bits per heavy atom. The van der Waals surface area contributed by atoms with Crippen LogP contribution in [0.2, 0.25) is 0 Å². The normalized spacial score (nSPS) is 30.2. The van der Waals surface area contributed by atoms with Gasteiger partial charge in [-0.1, -0.05) is 68.0 Å². The lowest BCUT2D eigenvalue weighted by molar-refractivity contribution is -0.154. The van der Waals surface area contributed by atoms with Crippen molar-refractivity contribution in [3.8, 4) is 0 Å². The molecule has 2 amide bonds. The van der Waals surface area contributed by atoms with E-state index in [2.05, 4.69) is 47.7 Å². The zero-order valence-electron chi connectivity index (χ0n) is 30.0. The number of carbonyl (C=O) groups excluding carboxylic acids is 3. The molecule has 1 aromatic carbocycles. The first-order valence-corrected chi connectivity index (χ1v) is 18.1. The molecule has 2 aromatic rings. The molecule has 8 atom stereocenters. The number of rotatable bonds is 8. The summed E-state index contributed by atoms with van der Waals surface area (Å²) in [5.41, 5.74) is 4.64. The number of hydrogen-bond acceptors (Lipinski definition) is 6. The van der Waals surface area contributed by atoms with Gasteiger partial charge in [-0.05, 0) is 118 Å². The van der Waals surface area contributed by atoms with E-state index in [-0.39, 0.29) is 23.4 Å². The minimum atomic E-state index is -0.920. The summed E-state index contributed by atoms with van der Waals surface area (Å²) in [5, 5.41) is 5.49. The molecule has 0 spiro atoms.